The van der Waals surface area contributed by atoms with Crippen molar-refractivity contribution in [2.75, 3.05) is 0 Å². The zero-order chi connectivity index (χ0) is 18.3. The van der Waals surface area contributed by atoms with Crippen LogP contribution in [0, 0.1) is 6.92 Å². The van der Waals surface area contributed by atoms with Gasteiger partial charge >= 0.3 is 5.97 Å². The predicted molar refractivity (Wildman–Crippen MR) is 103 cm³/mol. The van der Waals surface area contributed by atoms with E-state index >= 15 is 0 Å². The number of aryl methyl sites for hydroxylation is 1. The second kappa shape index (κ2) is 6.48. The summed E-state index contributed by atoms with van der Waals surface area (Å²) in [4.78, 5) is 12.6. The molecule has 0 saturated heterocycles. The molecule has 1 saturated carbocycles. The van der Waals surface area contributed by atoms with Crippen molar-refractivity contribution in [3.8, 4) is 11.1 Å². The average molecular weight is 369 g/mol. The zero-order valence-electron chi connectivity index (χ0n) is 14.7. The van der Waals surface area contributed by atoms with Crippen LogP contribution in [0.5, 0.6) is 0 Å². The average Bonchev–Trinajstić information content (AvgIpc) is 2.87. The Kier molecular flexibility index (Phi) is 4.28. The second-order valence-corrected chi connectivity index (χ2v) is 7.64. The lowest BCUT2D eigenvalue weighted by Crippen LogP contribution is -2.34. The van der Waals surface area contributed by atoms with E-state index in [1.54, 1.807) is 0 Å². The van der Waals surface area contributed by atoms with E-state index in [1.165, 1.54) is 0 Å². The second-order valence-electron chi connectivity index (χ2n) is 7.20. The number of esters is 1. The van der Waals surface area contributed by atoms with Gasteiger partial charge in [0.1, 0.15) is 5.57 Å². The topological polar surface area (TPSA) is 46.5 Å². The number of halogens is 1. The number of aliphatic hydroxyl groups is 1. The first-order chi connectivity index (χ1) is 12.5. The molecule has 1 fully saturated rings. The summed E-state index contributed by atoms with van der Waals surface area (Å²) in [6, 6.07) is 13.5. The molecule has 0 amide bonds. The first-order valence-electron chi connectivity index (χ1n) is 9.04. The van der Waals surface area contributed by atoms with Crippen LogP contribution in [0.3, 0.4) is 0 Å². The summed E-state index contributed by atoms with van der Waals surface area (Å²) in [5, 5.41) is 11.6. The summed E-state index contributed by atoms with van der Waals surface area (Å²) < 4.78 is 5.70. The molecule has 0 radical (unpaired) electrons. The van der Waals surface area contributed by atoms with Crippen LogP contribution in [0.25, 0.3) is 16.7 Å². The summed E-state index contributed by atoms with van der Waals surface area (Å²) >= 11 is 5.98. The standard InChI is InChI=1S/C22H21ClO3/c1-14-5-6-16(15-7-9-17(23)10-8-15)13-18(14)19-20(24)22(26-21(19)25)11-3-2-4-12-22/h5-10,13,24H,2-4,11-12H2,1H3. The molecule has 134 valence electrons. The fourth-order valence-corrected chi connectivity index (χ4v) is 4.14. The van der Waals surface area contributed by atoms with E-state index in [9.17, 15) is 9.90 Å². The van der Waals surface area contributed by atoms with E-state index in [2.05, 4.69) is 0 Å². The number of rotatable bonds is 2. The van der Waals surface area contributed by atoms with Crippen molar-refractivity contribution in [1.82, 2.24) is 0 Å². The van der Waals surface area contributed by atoms with Gasteiger partial charge in [0, 0.05) is 5.02 Å². The van der Waals surface area contributed by atoms with Crippen LogP contribution in [0.15, 0.2) is 48.2 Å². The summed E-state index contributed by atoms with van der Waals surface area (Å²) in [6.07, 6.45) is 4.45. The molecule has 26 heavy (non-hydrogen) atoms. The molecule has 2 aromatic rings. The zero-order valence-corrected chi connectivity index (χ0v) is 15.5. The summed E-state index contributed by atoms with van der Waals surface area (Å²) in [7, 11) is 0. The number of hydrogen-bond donors (Lipinski definition) is 1. The highest BCUT2D eigenvalue weighted by atomic mass is 35.5. The maximum atomic E-state index is 12.6. The maximum Gasteiger partial charge on any atom is 0.343 e. The lowest BCUT2D eigenvalue weighted by atomic mass is 9.82. The highest BCUT2D eigenvalue weighted by molar-refractivity contribution is 6.30. The monoisotopic (exact) mass is 368 g/mol. The lowest BCUT2D eigenvalue weighted by molar-refractivity contribution is -0.149. The van der Waals surface area contributed by atoms with E-state index in [-0.39, 0.29) is 5.76 Å². The van der Waals surface area contributed by atoms with Gasteiger partial charge < -0.3 is 9.84 Å². The van der Waals surface area contributed by atoms with Gasteiger partial charge in [0.15, 0.2) is 11.4 Å². The number of carbonyl (C=O) groups is 1. The SMILES string of the molecule is Cc1ccc(-c2ccc(Cl)cc2)cc1C1=C(O)C2(CCCCC2)OC1=O. The number of ether oxygens (including phenoxy) is 1. The Morgan fingerprint density at radius 1 is 1.00 bits per heavy atom. The highest BCUT2D eigenvalue weighted by Gasteiger charge is 2.49. The Bertz CT molecular complexity index is 890. The van der Waals surface area contributed by atoms with Crippen molar-refractivity contribution in [2.24, 2.45) is 0 Å². The fraction of sp³-hybridized carbons (Fsp3) is 0.318. The molecular formula is C22H21ClO3. The summed E-state index contributed by atoms with van der Waals surface area (Å²) in [5.74, 6) is -0.306. The normalized spacial score (nSPS) is 19.1. The number of aliphatic hydroxyl groups excluding tert-OH is 1. The molecule has 1 spiro atoms. The van der Waals surface area contributed by atoms with Gasteiger partial charge in [-0.25, -0.2) is 4.79 Å². The molecule has 1 aliphatic carbocycles. The van der Waals surface area contributed by atoms with E-state index in [4.69, 9.17) is 16.3 Å². The van der Waals surface area contributed by atoms with Crippen LogP contribution < -0.4 is 0 Å². The molecular weight excluding hydrogens is 348 g/mol. The molecule has 3 nitrogen and oxygen atoms in total. The fourth-order valence-electron chi connectivity index (χ4n) is 4.01. The molecule has 4 rings (SSSR count). The molecule has 0 atom stereocenters. The number of hydrogen-bond acceptors (Lipinski definition) is 3. The van der Waals surface area contributed by atoms with Crippen LogP contribution >= 0.6 is 11.6 Å². The van der Waals surface area contributed by atoms with E-state index in [0.717, 1.165) is 41.5 Å². The van der Waals surface area contributed by atoms with Crippen LogP contribution in [-0.2, 0) is 9.53 Å². The van der Waals surface area contributed by atoms with Gasteiger partial charge in [0.05, 0.1) is 0 Å². The van der Waals surface area contributed by atoms with Crippen molar-refractivity contribution in [3.63, 3.8) is 0 Å². The first kappa shape index (κ1) is 17.2. The molecule has 1 N–H and O–H groups in total. The van der Waals surface area contributed by atoms with Gasteiger partial charge in [-0.1, -0.05) is 42.3 Å². The van der Waals surface area contributed by atoms with Crippen molar-refractivity contribution in [1.29, 1.82) is 0 Å². The summed E-state index contributed by atoms with van der Waals surface area (Å²) in [5.41, 5.74) is 3.17. The quantitative estimate of drug-likeness (QED) is 0.677. The molecule has 0 unspecified atom stereocenters. The minimum atomic E-state index is -0.812. The van der Waals surface area contributed by atoms with Crippen LogP contribution in [-0.4, -0.2) is 16.7 Å². The van der Waals surface area contributed by atoms with E-state index in [0.29, 0.717) is 23.4 Å². The Morgan fingerprint density at radius 3 is 2.35 bits per heavy atom. The van der Waals surface area contributed by atoms with E-state index < -0.39 is 11.6 Å². The largest absolute Gasteiger partial charge is 0.507 e. The van der Waals surface area contributed by atoms with Gasteiger partial charge in [-0.2, -0.15) is 0 Å². The van der Waals surface area contributed by atoms with Crippen LogP contribution in [0.4, 0.5) is 0 Å². The van der Waals surface area contributed by atoms with Crippen molar-refractivity contribution in [3.05, 3.63) is 64.4 Å². The molecule has 2 aromatic carbocycles. The van der Waals surface area contributed by atoms with Crippen molar-refractivity contribution >= 4 is 23.1 Å². The van der Waals surface area contributed by atoms with Gasteiger partial charge in [-0.05, 0) is 73.1 Å². The molecule has 4 heteroatoms. The Labute approximate surface area is 158 Å². The van der Waals surface area contributed by atoms with Crippen LogP contribution in [0.2, 0.25) is 5.02 Å². The Balaban J connectivity index is 1.80. The van der Waals surface area contributed by atoms with Gasteiger partial charge in [0.25, 0.3) is 0 Å². The smallest absolute Gasteiger partial charge is 0.343 e. The lowest BCUT2D eigenvalue weighted by Gasteiger charge is -2.31. The van der Waals surface area contributed by atoms with Gasteiger partial charge in [-0.3, -0.25) is 0 Å². The predicted octanol–water partition coefficient (Wildman–Crippen LogP) is 5.84. The molecule has 0 aromatic heterocycles. The Hall–Kier alpha value is -2.26. The third-order valence-electron chi connectivity index (χ3n) is 5.51. The molecule has 2 aliphatic rings. The molecule has 0 bridgehead atoms. The highest BCUT2D eigenvalue weighted by Crippen LogP contribution is 2.46. The third kappa shape index (κ3) is 2.80. The van der Waals surface area contributed by atoms with Gasteiger partial charge in [0.2, 0.25) is 0 Å². The Morgan fingerprint density at radius 2 is 1.65 bits per heavy atom. The van der Waals surface area contributed by atoms with E-state index in [1.807, 2.05) is 49.4 Å². The minimum absolute atomic E-state index is 0.110. The minimum Gasteiger partial charge on any atom is -0.507 e. The van der Waals surface area contributed by atoms with Crippen molar-refractivity contribution in [2.45, 2.75) is 44.6 Å². The maximum absolute atomic E-state index is 12.6. The van der Waals surface area contributed by atoms with Crippen LogP contribution in [0.1, 0.15) is 43.2 Å². The summed E-state index contributed by atoms with van der Waals surface area (Å²) in [6.45, 7) is 1.94. The first-order valence-corrected chi connectivity index (χ1v) is 9.42. The number of carbonyl (C=O) groups excluding carboxylic acids is 1. The molecule has 1 heterocycles. The molecule has 1 aliphatic heterocycles. The van der Waals surface area contributed by atoms with Crippen molar-refractivity contribution < 1.29 is 14.6 Å². The van der Waals surface area contributed by atoms with Gasteiger partial charge in [-0.15, -0.1) is 0 Å². The number of benzene rings is 2. The third-order valence-corrected chi connectivity index (χ3v) is 5.76.